The summed E-state index contributed by atoms with van der Waals surface area (Å²) < 4.78 is 19.3. The Hall–Kier alpha value is -2.97. The molecule has 0 aliphatic carbocycles. The molecular formula is C17H20FN5O3. The van der Waals surface area contributed by atoms with Crippen molar-refractivity contribution >= 4 is 23.3 Å². The second-order valence-corrected chi connectivity index (χ2v) is 5.92. The third-order valence-electron chi connectivity index (χ3n) is 4.12. The molecule has 1 aliphatic rings. The number of benzene rings is 1. The normalized spacial score (nSPS) is 13.1. The van der Waals surface area contributed by atoms with Crippen LogP contribution in [0, 0.1) is 5.82 Å². The lowest BCUT2D eigenvalue weighted by atomic mass is 10.0. The summed E-state index contributed by atoms with van der Waals surface area (Å²) in [5.41, 5.74) is 1.34. The van der Waals surface area contributed by atoms with Gasteiger partial charge in [-0.3, -0.25) is 4.79 Å². The summed E-state index contributed by atoms with van der Waals surface area (Å²) in [5.74, 6) is 0.194. The summed E-state index contributed by atoms with van der Waals surface area (Å²) in [6.07, 6.45) is 1.34. The number of anilines is 2. The Morgan fingerprint density at radius 3 is 2.77 bits per heavy atom. The van der Waals surface area contributed by atoms with Crippen molar-refractivity contribution in [3.05, 3.63) is 35.3 Å². The van der Waals surface area contributed by atoms with Crippen molar-refractivity contribution in [1.29, 1.82) is 0 Å². The highest BCUT2D eigenvalue weighted by Gasteiger charge is 2.22. The molecule has 0 unspecified atom stereocenters. The Morgan fingerprint density at radius 2 is 2.08 bits per heavy atom. The van der Waals surface area contributed by atoms with Crippen molar-refractivity contribution in [2.75, 3.05) is 17.2 Å². The molecule has 0 atom stereocenters. The Labute approximate surface area is 149 Å². The monoisotopic (exact) mass is 361 g/mol. The van der Waals surface area contributed by atoms with Gasteiger partial charge in [0.15, 0.2) is 0 Å². The molecular weight excluding hydrogens is 341 g/mol. The average Bonchev–Trinajstić information content (AvgIpc) is 3.08. The number of amides is 3. The van der Waals surface area contributed by atoms with Gasteiger partial charge >= 0.3 is 6.03 Å². The number of aryl methyl sites for hydroxylation is 2. The molecule has 1 aromatic heterocycles. The van der Waals surface area contributed by atoms with Crippen LogP contribution in [0.5, 0.6) is 0 Å². The highest BCUT2D eigenvalue weighted by molar-refractivity contribution is 6.01. The first-order chi connectivity index (χ1) is 12.5. The van der Waals surface area contributed by atoms with Crippen molar-refractivity contribution < 1.29 is 18.4 Å². The zero-order valence-electron chi connectivity index (χ0n) is 14.6. The van der Waals surface area contributed by atoms with Gasteiger partial charge in [-0.05, 0) is 31.0 Å². The number of urea groups is 1. The number of aromatic nitrogens is 2. The van der Waals surface area contributed by atoms with Gasteiger partial charge in [-0.1, -0.05) is 6.92 Å². The molecule has 3 rings (SSSR count). The number of nitrogens with one attached hydrogen (secondary N) is 2. The Bertz CT molecular complexity index is 836. The fraction of sp³-hybridized carbons (Fsp3) is 0.412. The van der Waals surface area contributed by atoms with Crippen LogP contribution >= 0.6 is 0 Å². The van der Waals surface area contributed by atoms with Crippen LogP contribution in [0.1, 0.15) is 37.6 Å². The standard InChI is InChI=1S/C17H20FN5O3/c1-3-14-21-22-15(26-14)9-23(4-2)17(25)19-12-8-11(18)7-10-5-6-13(24)20-16(10)12/h7-8H,3-6,9H2,1-2H3,(H,19,25)(H,20,24). The number of halogens is 1. The van der Waals surface area contributed by atoms with E-state index in [1.165, 1.54) is 17.0 Å². The van der Waals surface area contributed by atoms with E-state index in [0.29, 0.717) is 48.8 Å². The SMILES string of the molecule is CCc1nnc(CN(CC)C(=O)Nc2cc(F)cc3c2NC(=O)CC3)o1. The van der Waals surface area contributed by atoms with E-state index in [2.05, 4.69) is 20.8 Å². The number of carbonyl (C=O) groups is 2. The molecule has 1 aromatic carbocycles. The van der Waals surface area contributed by atoms with E-state index in [1.54, 1.807) is 6.92 Å². The molecule has 9 heteroatoms. The lowest BCUT2D eigenvalue weighted by molar-refractivity contribution is -0.116. The fourth-order valence-corrected chi connectivity index (χ4v) is 2.74. The smallest absolute Gasteiger partial charge is 0.322 e. The van der Waals surface area contributed by atoms with Crippen LogP contribution < -0.4 is 10.6 Å². The second-order valence-electron chi connectivity index (χ2n) is 5.92. The van der Waals surface area contributed by atoms with E-state index in [9.17, 15) is 14.0 Å². The number of nitrogens with zero attached hydrogens (tertiary/aromatic N) is 3. The van der Waals surface area contributed by atoms with Gasteiger partial charge in [0.1, 0.15) is 12.4 Å². The van der Waals surface area contributed by atoms with E-state index in [1.807, 2.05) is 6.92 Å². The highest BCUT2D eigenvalue weighted by atomic mass is 19.1. The van der Waals surface area contributed by atoms with Gasteiger partial charge in [-0.25, -0.2) is 9.18 Å². The van der Waals surface area contributed by atoms with Crippen molar-refractivity contribution in [1.82, 2.24) is 15.1 Å². The second kappa shape index (κ2) is 7.51. The lowest BCUT2D eigenvalue weighted by Gasteiger charge is -2.24. The molecule has 0 radical (unpaired) electrons. The van der Waals surface area contributed by atoms with Crippen LogP contribution in [0.25, 0.3) is 0 Å². The van der Waals surface area contributed by atoms with Gasteiger partial charge < -0.3 is 20.0 Å². The molecule has 0 saturated carbocycles. The minimum absolute atomic E-state index is 0.138. The molecule has 26 heavy (non-hydrogen) atoms. The largest absolute Gasteiger partial charge is 0.423 e. The van der Waals surface area contributed by atoms with Gasteiger partial charge in [0.2, 0.25) is 17.7 Å². The molecule has 138 valence electrons. The summed E-state index contributed by atoms with van der Waals surface area (Å²) in [6.45, 7) is 4.22. The van der Waals surface area contributed by atoms with Crippen molar-refractivity contribution in [2.24, 2.45) is 0 Å². The topological polar surface area (TPSA) is 100 Å². The molecule has 0 fully saturated rings. The first-order valence-electron chi connectivity index (χ1n) is 8.49. The third kappa shape index (κ3) is 3.81. The molecule has 2 heterocycles. The van der Waals surface area contributed by atoms with E-state index in [-0.39, 0.29) is 18.1 Å². The van der Waals surface area contributed by atoms with E-state index >= 15 is 0 Å². The Kier molecular flexibility index (Phi) is 5.15. The van der Waals surface area contributed by atoms with Crippen LogP contribution in [0.3, 0.4) is 0 Å². The average molecular weight is 361 g/mol. The molecule has 2 N–H and O–H groups in total. The predicted octanol–water partition coefficient (Wildman–Crippen LogP) is 2.71. The van der Waals surface area contributed by atoms with E-state index < -0.39 is 11.8 Å². The van der Waals surface area contributed by atoms with Gasteiger partial charge in [0.25, 0.3) is 0 Å². The van der Waals surface area contributed by atoms with E-state index in [0.717, 1.165) is 0 Å². The van der Waals surface area contributed by atoms with E-state index in [4.69, 9.17) is 4.42 Å². The summed E-state index contributed by atoms with van der Waals surface area (Å²) in [5, 5.41) is 13.1. The Balaban J connectivity index is 1.77. The maximum Gasteiger partial charge on any atom is 0.322 e. The van der Waals surface area contributed by atoms with Gasteiger partial charge in [-0.2, -0.15) is 0 Å². The maximum atomic E-state index is 13.9. The van der Waals surface area contributed by atoms with Crippen molar-refractivity contribution in [2.45, 2.75) is 39.7 Å². The minimum Gasteiger partial charge on any atom is -0.423 e. The first kappa shape index (κ1) is 17.8. The number of fused-ring (bicyclic) bond motifs is 1. The summed E-state index contributed by atoms with van der Waals surface area (Å²) >= 11 is 0. The number of rotatable bonds is 5. The molecule has 0 spiro atoms. The van der Waals surface area contributed by atoms with Crippen molar-refractivity contribution in [3.8, 4) is 0 Å². The molecule has 0 bridgehead atoms. The number of hydrogen-bond acceptors (Lipinski definition) is 5. The number of carbonyl (C=O) groups excluding carboxylic acids is 2. The van der Waals surface area contributed by atoms with Gasteiger partial charge in [-0.15, -0.1) is 10.2 Å². The predicted molar refractivity (Wildman–Crippen MR) is 92.1 cm³/mol. The summed E-state index contributed by atoms with van der Waals surface area (Å²) in [4.78, 5) is 25.7. The zero-order chi connectivity index (χ0) is 18.7. The van der Waals surface area contributed by atoms with Crippen LogP contribution in [-0.4, -0.2) is 33.6 Å². The van der Waals surface area contributed by atoms with Gasteiger partial charge in [0, 0.05) is 19.4 Å². The van der Waals surface area contributed by atoms with Crippen LogP contribution in [0.15, 0.2) is 16.5 Å². The summed E-state index contributed by atoms with van der Waals surface area (Å²) in [6, 6.07) is 2.11. The minimum atomic E-state index is -0.470. The maximum absolute atomic E-state index is 13.9. The molecule has 3 amide bonds. The molecule has 2 aromatic rings. The van der Waals surface area contributed by atoms with Crippen molar-refractivity contribution in [3.63, 3.8) is 0 Å². The first-order valence-corrected chi connectivity index (χ1v) is 8.49. The zero-order valence-corrected chi connectivity index (χ0v) is 14.6. The van der Waals surface area contributed by atoms with Crippen LogP contribution in [0.2, 0.25) is 0 Å². The van der Waals surface area contributed by atoms with Gasteiger partial charge in [0.05, 0.1) is 11.4 Å². The third-order valence-corrected chi connectivity index (χ3v) is 4.12. The lowest BCUT2D eigenvalue weighted by Crippen LogP contribution is -2.35. The number of hydrogen-bond donors (Lipinski definition) is 2. The van der Waals surface area contributed by atoms with Crippen LogP contribution in [-0.2, 0) is 24.2 Å². The van der Waals surface area contributed by atoms with Crippen LogP contribution in [0.4, 0.5) is 20.6 Å². The molecule has 8 nitrogen and oxygen atoms in total. The Morgan fingerprint density at radius 1 is 1.31 bits per heavy atom. The molecule has 0 saturated heterocycles. The highest BCUT2D eigenvalue weighted by Crippen LogP contribution is 2.32. The molecule has 1 aliphatic heterocycles. The fourth-order valence-electron chi connectivity index (χ4n) is 2.74. The quantitative estimate of drug-likeness (QED) is 0.853. The summed E-state index contributed by atoms with van der Waals surface area (Å²) in [7, 11) is 0.